The van der Waals surface area contributed by atoms with Gasteiger partial charge in [0.05, 0.1) is 17.7 Å². The number of piperazine rings is 1. The van der Waals surface area contributed by atoms with Crippen molar-refractivity contribution in [3.05, 3.63) is 76.8 Å². The molecule has 1 saturated heterocycles. The summed E-state index contributed by atoms with van der Waals surface area (Å²) >= 11 is 6.00. The van der Waals surface area contributed by atoms with Gasteiger partial charge in [0.2, 0.25) is 16.8 Å². The van der Waals surface area contributed by atoms with Crippen LogP contribution in [0.1, 0.15) is 15.9 Å². The fourth-order valence-electron chi connectivity index (χ4n) is 4.34. The zero-order valence-electron chi connectivity index (χ0n) is 20.1. The number of sulfonamides is 1. The SMILES string of the molecule is COc1ccc(S(=O)(=O)N2CCN(Cc3ccc4c(c3)OCO4)CC2)cc1NC(=O)c1cccc(Cl)c1. The summed E-state index contributed by atoms with van der Waals surface area (Å²) in [5.41, 5.74) is 1.69. The summed E-state index contributed by atoms with van der Waals surface area (Å²) in [5.74, 6) is 1.40. The van der Waals surface area contributed by atoms with E-state index in [1.54, 1.807) is 18.2 Å². The zero-order valence-corrected chi connectivity index (χ0v) is 21.7. The molecule has 0 radical (unpaired) electrons. The van der Waals surface area contributed by atoms with E-state index in [0.717, 1.165) is 17.1 Å². The van der Waals surface area contributed by atoms with Crippen LogP contribution in [-0.2, 0) is 16.6 Å². The number of fused-ring (bicyclic) bond motifs is 1. The Kier molecular flexibility index (Phi) is 7.25. The molecule has 0 spiro atoms. The summed E-state index contributed by atoms with van der Waals surface area (Å²) in [6.45, 7) is 2.79. The second-order valence-corrected chi connectivity index (χ2v) is 11.1. The van der Waals surface area contributed by atoms with Crippen LogP contribution >= 0.6 is 11.6 Å². The lowest BCUT2D eigenvalue weighted by atomic mass is 10.2. The molecule has 5 rings (SSSR count). The van der Waals surface area contributed by atoms with Crippen molar-refractivity contribution in [1.82, 2.24) is 9.21 Å². The number of ether oxygens (including phenoxy) is 3. The minimum absolute atomic E-state index is 0.0823. The zero-order chi connectivity index (χ0) is 26.0. The first-order valence-electron chi connectivity index (χ1n) is 11.7. The number of hydrogen-bond acceptors (Lipinski definition) is 7. The van der Waals surface area contributed by atoms with E-state index in [0.29, 0.717) is 49.1 Å². The molecule has 1 fully saturated rings. The van der Waals surface area contributed by atoms with Crippen LogP contribution in [0.4, 0.5) is 5.69 Å². The normalized spacial score (nSPS) is 15.9. The number of anilines is 1. The fraction of sp³-hybridized carbons (Fsp3) is 0.269. The molecule has 2 heterocycles. The summed E-state index contributed by atoms with van der Waals surface area (Å²) in [7, 11) is -2.32. The van der Waals surface area contributed by atoms with E-state index in [4.69, 9.17) is 25.8 Å². The highest BCUT2D eigenvalue weighted by Gasteiger charge is 2.29. The van der Waals surface area contributed by atoms with Crippen molar-refractivity contribution in [3.63, 3.8) is 0 Å². The molecule has 0 aliphatic carbocycles. The van der Waals surface area contributed by atoms with E-state index in [1.165, 1.54) is 35.7 Å². The molecule has 194 valence electrons. The molecule has 3 aromatic rings. The first-order chi connectivity index (χ1) is 17.8. The lowest BCUT2D eigenvalue weighted by Crippen LogP contribution is -2.48. The summed E-state index contributed by atoms with van der Waals surface area (Å²) in [6, 6.07) is 16.8. The highest BCUT2D eigenvalue weighted by Crippen LogP contribution is 2.33. The lowest BCUT2D eigenvalue weighted by molar-refractivity contribution is 0.102. The quantitative estimate of drug-likeness (QED) is 0.483. The Morgan fingerprint density at radius 2 is 1.78 bits per heavy atom. The Balaban J connectivity index is 1.27. The van der Waals surface area contributed by atoms with Gasteiger partial charge in [-0.25, -0.2) is 8.42 Å². The molecule has 37 heavy (non-hydrogen) atoms. The first kappa shape index (κ1) is 25.3. The van der Waals surface area contributed by atoms with Crippen LogP contribution in [0.25, 0.3) is 0 Å². The summed E-state index contributed by atoms with van der Waals surface area (Å²) < 4.78 is 44.5. The summed E-state index contributed by atoms with van der Waals surface area (Å²) in [5, 5.41) is 3.16. The Hall–Kier alpha value is -3.31. The Morgan fingerprint density at radius 3 is 2.54 bits per heavy atom. The highest BCUT2D eigenvalue weighted by molar-refractivity contribution is 7.89. The Morgan fingerprint density at radius 1 is 1.00 bits per heavy atom. The topological polar surface area (TPSA) is 97.4 Å². The molecule has 9 nitrogen and oxygen atoms in total. The number of hydrogen-bond donors (Lipinski definition) is 1. The van der Waals surface area contributed by atoms with Crippen LogP contribution in [0, 0.1) is 0 Å². The lowest BCUT2D eigenvalue weighted by Gasteiger charge is -2.34. The molecule has 2 aliphatic rings. The first-order valence-corrected chi connectivity index (χ1v) is 13.5. The molecule has 0 aromatic heterocycles. The largest absolute Gasteiger partial charge is 0.495 e. The summed E-state index contributed by atoms with van der Waals surface area (Å²) in [4.78, 5) is 15.0. The summed E-state index contributed by atoms with van der Waals surface area (Å²) in [6.07, 6.45) is 0. The van der Waals surface area contributed by atoms with Gasteiger partial charge in [-0.15, -0.1) is 0 Å². The third-order valence-electron chi connectivity index (χ3n) is 6.32. The Labute approximate surface area is 220 Å². The third kappa shape index (κ3) is 5.52. The predicted octanol–water partition coefficient (Wildman–Crippen LogP) is 3.84. The molecule has 3 aromatic carbocycles. The van der Waals surface area contributed by atoms with Gasteiger partial charge in [-0.05, 0) is 54.1 Å². The Bertz CT molecular complexity index is 1420. The van der Waals surface area contributed by atoms with Gasteiger partial charge in [0.15, 0.2) is 11.5 Å². The van der Waals surface area contributed by atoms with Crippen molar-refractivity contribution in [2.45, 2.75) is 11.4 Å². The molecule has 0 bridgehead atoms. The van der Waals surface area contributed by atoms with E-state index in [-0.39, 0.29) is 17.4 Å². The second-order valence-electron chi connectivity index (χ2n) is 8.69. The van der Waals surface area contributed by atoms with E-state index in [1.807, 2.05) is 18.2 Å². The van der Waals surface area contributed by atoms with E-state index >= 15 is 0 Å². The predicted molar refractivity (Wildman–Crippen MR) is 139 cm³/mol. The van der Waals surface area contributed by atoms with E-state index in [2.05, 4.69) is 10.2 Å². The van der Waals surface area contributed by atoms with Crippen molar-refractivity contribution in [2.75, 3.05) is 45.4 Å². The maximum atomic E-state index is 13.4. The number of benzene rings is 3. The fourth-order valence-corrected chi connectivity index (χ4v) is 5.98. The number of nitrogens with zero attached hydrogens (tertiary/aromatic N) is 2. The average molecular weight is 544 g/mol. The molecule has 0 saturated carbocycles. The molecule has 0 unspecified atom stereocenters. The molecule has 1 N–H and O–H groups in total. The molecule has 11 heteroatoms. The number of carbonyl (C=O) groups is 1. The molecule has 2 aliphatic heterocycles. The van der Waals surface area contributed by atoms with Gasteiger partial charge in [0, 0.05) is 43.3 Å². The van der Waals surface area contributed by atoms with Crippen molar-refractivity contribution < 1.29 is 27.4 Å². The average Bonchev–Trinajstić information content (AvgIpc) is 3.37. The van der Waals surface area contributed by atoms with Crippen molar-refractivity contribution >= 4 is 33.2 Å². The number of rotatable bonds is 7. The van der Waals surface area contributed by atoms with Gasteiger partial charge in [-0.2, -0.15) is 4.31 Å². The van der Waals surface area contributed by atoms with Crippen LogP contribution in [0.3, 0.4) is 0 Å². The minimum Gasteiger partial charge on any atom is -0.495 e. The van der Waals surface area contributed by atoms with E-state index in [9.17, 15) is 13.2 Å². The molecule has 0 atom stereocenters. The van der Waals surface area contributed by atoms with Gasteiger partial charge in [-0.1, -0.05) is 23.7 Å². The standard InChI is InChI=1S/C26H26ClN3O6S/c1-34-23-8-6-21(15-22(23)28-26(31)19-3-2-4-20(27)14-19)37(32,33)30-11-9-29(10-12-30)16-18-5-7-24-25(13-18)36-17-35-24/h2-8,13-15H,9-12,16-17H2,1H3,(H,28,31). The van der Waals surface area contributed by atoms with Gasteiger partial charge in [0.1, 0.15) is 5.75 Å². The number of carbonyl (C=O) groups excluding carboxylic acids is 1. The number of nitrogens with one attached hydrogen (secondary N) is 1. The second kappa shape index (κ2) is 10.6. The number of methoxy groups -OCH3 is 1. The maximum absolute atomic E-state index is 13.4. The van der Waals surface area contributed by atoms with Gasteiger partial charge < -0.3 is 19.5 Å². The van der Waals surface area contributed by atoms with Crippen LogP contribution in [0.2, 0.25) is 5.02 Å². The van der Waals surface area contributed by atoms with Crippen LogP contribution in [-0.4, -0.2) is 63.6 Å². The number of halogens is 1. The molecule has 1 amide bonds. The third-order valence-corrected chi connectivity index (χ3v) is 8.45. The van der Waals surface area contributed by atoms with Crippen molar-refractivity contribution in [3.8, 4) is 17.2 Å². The number of amides is 1. The van der Waals surface area contributed by atoms with Crippen LogP contribution in [0.15, 0.2) is 65.6 Å². The van der Waals surface area contributed by atoms with Crippen molar-refractivity contribution in [1.29, 1.82) is 0 Å². The van der Waals surface area contributed by atoms with Gasteiger partial charge >= 0.3 is 0 Å². The molecular formula is C26H26ClN3O6S. The van der Waals surface area contributed by atoms with E-state index < -0.39 is 15.9 Å². The van der Waals surface area contributed by atoms with Crippen LogP contribution < -0.4 is 19.5 Å². The monoisotopic (exact) mass is 543 g/mol. The van der Waals surface area contributed by atoms with Gasteiger partial charge in [0.25, 0.3) is 5.91 Å². The van der Waals surface area contributed by atoms with Crippen LogP contribution in [0.5, 0.6) is 17.2 Å². The minimum atomic E-state index is -3.78. The highest BCUT2D eigenvalue weighted by atomic mass is 35.5. The maximum Gasteiger partial charge on any atom is 0.255 e. The van der Waals surface area contributed by atoms with Gasteiger partial charge in [-0.3, -0.25) is 9.69 Å². The smallest absolute Gasteiger partial charge is 0.255 e. The molecular weight excluding hydrogens is 518 g/mol. The van der Waals surface area contributed by atoms with Crippen molar-refractivity contribution in [2.24, 2.45) is 0 Å².